The monoisotopic (exact) mass is 759 g/mol. The molecule has 3 aromatic heterocycles. The molecule has 12 rings (SSSR count). The van der Waals surface area contributed by atoms with E-state index in [1.165, 1.54) is 111 Å². The van der Waals surface area contributed by atoms with E-state index in [9.17, 15) is 0 Å². The van der Waals surface area contributed by atoms with Gasteiger partial charge in [-0.1, -0.05) is 121 Å². The molecule has 0 saturated carbocycles. The zero-order valence-electron chi connectivity index (χ0n) is 33.8. The van der Waals surface area contributed by atoms with Gasteiger partial charge in [-0.2, -0.15) is 0 Å². The van der Waals surface area contributed by atoms with Gasteiger partial charge in [-0.3, -0.25) is 0 Å². The second-order valence-electron chi connectivity index (χ2n) is 16.5. The van der Waals surface area contributed by atoms with E-state index >= 15 is 0 Å². The van der Waals surface area contributed by atoms with E-state index in [0.717, 1.165) is 25.9 Å². The maximum Gasteiger partial charge on any atom is 0.122 e. The molecular weight excluding hydrogens is 715 g/mol. The Labute approximate surface area is 345 Å². The van der Waals surface area contributed by atoms with Crippen molar-refractivity contribution in [3.05, 3.63) is 197 Å². The van der Waals surface area contributed by atoms with Gasteiger partial charge in [-0.15, -0.1) is 0 Å². The quantitative estimate of drug-likeness (QED) is 0.160. The molecule has 284 valence electrons. The van der Waals surface area contributed by atoms with Gasteiger partial charge in [-0.25, -0.2) is 0 Å². The molecule has 0 spiro atoms. The number of aromatic nitrogens is 3. The van der Waals surface area contributed by atoms with Crippen molar-refractivity contribution in [1.29, 1.82) is 0 Å². The van der Waals surface area contributed by atoms with Crippen LogP contribution in [0.5, 0.6) is 0 Å². The third-order valence-corrected chi connectivity index (χ3v) is 13.7. The average molecular weight is 760 g/mol. The predicted octanol–water partition coefficient (Wildman–Crippen LogP) is 14.2. The first kappa shape index (κ1) is 34.2. The summed E-state index contributed by atoms with van der Waals surface area (Å²) in [5.74, 6) is 0. The third kappa shape index (κ3) is 4.64. The van der Waals surface area contributed by atoms with Crippen LogP contribution in [-0.4, -0.2) is 13.7 Å². The molecule has 1 aliphatic carbocycles. The average Bonchev–Trinajstić information content (AvgIpc) is 3.99. The fourth-order valence-corrected chi connectivity index (χ4v) is 11.2. The number of allylic oxidation sites excluding steroid dienone is 1. The summed E-state index contributed by atoms with van der Waals surface area (Å²) >= 11 is 0. The van der Waals surface area contributed by atoms with Gasteiger partial charge in [0.1, 0.15) is 5.54 Å². The topological polar surface area (TPSA) is 14.8 Å². The summed E-state index contributed by atoms with van der Waals surface area (Å²) in [6.07, 6.45) is 6.91. The number of fused-ring (bicyclic) bond motifs is 11. The van der Waals surface area contributed by atoms with Gasteiger partial charge in [0.2, 0.25) is 0 Å². The molecule has 3 heteroatoms. The fraction of sp³-hybridized carbons (Fsp3) is 0.143. The van der Waals surface area contributed by atoms with Crippen LogP contribution >= 0.6 is 0 Å². The number of nitrogens with zero attached hydrogens (tertiary/aromatic N) is 3. The highest BCUT2D eigenvalue weighted by atomic mass is 15.1. The Kier molecular flexibility index (Phi) is 7.44. The van der Waals surface area contributed by atoms with Gasteiger partial charge in [0, 0.05) is 68.0 Å². The lowest BCUT2D eigenvalue weighted by molar-refractivity contribution is 0.561. The van der Waals surface area contributed by atoms with Gasteiger partial charge in [0.15, 0.2) is 0 Å². The smallest absolute Gasteiger partial charge is 0.122 e. The zero-order chi connectivity index (χ0) is 39.4. The molecule has 0 unspecified atom stereocenters. The SMILES string of the molecule is CCn1c2c(c3cc(-c4ccc5c(c4)C(c4ccccc4)(c4ccccc4)n4c-5c(C)c5cc(-c6ccc7c(c6)c6ccccc6n7CC)ccc54)ccc31)C=CCC2. The van der Waals surface area contributed by atoms with Crippen LogP contribution in [0.2, 0.25) is 0 Å². The number of para-hydroxylation sites is 1. The predicted molar refractivity (Wildman–Crippen MR) is 248 cm³/mol. The van der Waals surface area contributed by atoms with E-state index in [1.54, 1.807) is 0 Å². The summed E-state index contributed by atoms with van der Waals surface area (Å²) in [6, 6.07) is 59.8. The first-order valence-electron chi connectivity index (χ1n) is 21.3. The van der Waals surface area contributed by atoms with Crippen molar-refractivity contribution in [2.24, 2.45) is 0 Å². The molecule has 0 N–H and O–H groups in total. The van der Waals surface area contributed by atoms with Crippen molar-refractivity contribution >= 4 is 49.7 Å². The Morgan fingerprint density at radius 3 is 1.76 bits per heavy atom. The van der Waals surface area contributed by atoms with E-state index in [4.69, 9.17) is 0 Å². The minimum Gasteiger partial charge on any atom is -0.344 e. The standard InChI is InChI=1S/C56H45N3/c1-4-57-50-22-14-12-20-43(50)47-33-38(25-29-52(47)57)37-27-31-54-46(32-37)36(3)55-45-28-24-40(39-26-30-53-48(34-39)44-21-13-15-23-51(44)58(53)5-2)35-49(45)56(59(54)55,41-16-8-6-9-17-41)42-18-10-7-11-19-42/h6-14,16-22,24-35H,4-5,15,23H2,1-3H3. The van der Waals surface area contributed by atoms with Crippen molar-refractivity contribution in [3.63, 3.8) is 0 Å². The van der Waals surface area contributed by atoms with Gasteiger partial charge in [0.05, 0.1) is 11.2 Å². The summed E-state index contributed by atoms with van der Waals surface area (Å²) < 4.78 is 7.62. The van der Waals surface area contributed by atoms with E-state index in [0.29, 0.717) is 0 Å². The van der Waals surface area contributed by atoms with Crippen molar-refractivity contribution in [2.75, 3.05) is 0 Å². The maximum absolute atomic E-state index is 2.67. The van der Waals surface area contributed by atoms with Crippen LogP contribution in [0.3, 0.4) is 0 Å². The minimum atomic E-state index is -0.588. The van der Waals surface area contributed by atoms with Crippen LogP contribution in [0.4, 0.5) is 0 Å². The molecule has 0 atom stereocenters. The molecule has 2 aliphatic rings. The summed E-state index contributed by atoms with van der Waals surface area (Å²) in [7, 11) is 0. The molecule has 0 radical (unpaired) electrons. The molecule has 3 nitrogen and oxygen atoms in total. The molecule has 0 fully saturated rings. The van der Waals surface area contributed by atoms with Crippen molar-refractivity contribution in [2.45, 2.75) is 52.2 Å². The molecule has 0 saturated heterocycles. The lowest BCUT2D eigenvalue weighted by Gasteiger charge is -2.35. The summed E-state index contributed by atoms with van der Waals surface area (Å²) in [5.41, 5.74) is 20.2. The lowest BCUT2D eigenvalue weighted by Crippen LogP contribution is -2.34. The van der Waals surface area contributed by atoms with E-state index in [2.05, 4.69) is 204 Å². The highest BCUT2D eigenvalue weighted by molar-refractivity contribution is 6.10. The van der Waals surface area contributed by atoms with Crippen LogP contribution in [-0.2, 0) is 25.0 Å². The Hall–Kier alpha value is -6.84. The number of hydrogen-bond acceptors (Lipinski definition) is 0. The molecule has 7 aromatic carbocycles. The van der Waals surface area contributed by atoms with Crippen LogP contribution in [0.1, 0.15) is 53.8 Å². The van der Waals surface area contributed by atoms with Crippen molar-refractivity contribution in [3.8, 4) is 33.5 Å². The number of aryl methyl sites for hydroxylation is 3. The first-order valence-corrected chi connectivity index (χ1v) is 21.3. The molecule has 59 heavy (non-hydrogen) atoms. The van der Waals surface area contributed by atoms with Crippen LogP contribution in [0, 0.1) is 6.92 Å². The molecule has 0 bridgehead atoms. The molecule has 0 amide bonds. The van der Waals surface area contributed by atoms with Crippen LogP contribution < -0.4 is 0 Å². The summed E-state index contributed by atoms with van der Waals surface area (Å²) in [4.78, 5) is 0. The molecule has 1 aliphatic heterocycles. The highest BCUT2D eigenvalue weighted by Gasteiger charge is 2.48. The zero-order valence-corrected chi connectivity index (χ0v) is 33.8. The van der Waals surface area contributed by atoms with Crippen LogP contribution in [0.25, 0.3) is 83.2 Å². The normalized spacial score (nSPS) is 14.1. The number of benzene rings is 7. The van der Waals surface area contributed by atoms with Gasteiger partial charge in [-0.05, 0) is 127 Å². The molecule has 10 aromatic rings. The summed E-state index contributed by atoms with van der Waals surface area (Å²) in [5, 5.41) is 5.27. The second-order valence-corrected chi connectivity index (χ2v) is 16.5. The van der Waals surface area contributed by atoms with Crippen molar-refractivity contribution < 1.29 is 0 Å². The molecular formula is C56H45N3. The van der Waals surface area contributed by atoms with Gasteiger partial charge < -0.3 is 13.7 Å². The highest BCUT2D eigenvalue weighted by Crippen LogP contribution is 2.56. The Balaban J connectivity index is 1.10. The summed E-state index contributed by atoms with van der Waals surface area (Å²) in [6.45, 7) is 8.78. The number of hydrogen-bond donors (Lipinski definition) is 0. The first-order chi connectivity index (χ1) is 29.1. The van der Waals surface area contributed by atoms with E-state index in [1.807, 2.05) is 0 Å². The van der Waals surface area contributed by atoms with E-state index < -0.39 is 5.54 Å². The fourth-order valence-electron chi connectivity index (χ4n) is 11.2. The van der Waals surface area contributed by atoms with Gasteiger partial charge in [0.25, 0.3) is 0 Å². The number of rotatable bonds is 6. The minimum absolute atomic E-state index is 0.588. The van der Waals surface area contributed by atoms with Crippen LogP contribution in [0.15, 0.2) is 164 Å². The Morgan fingerprint density at radius 2 is 1.07 bits per heavy atom. The lowest BCUT2D eigenvalue weighted by atomic mass is 9.76. The third-order valence-electron chi connectivity index (χ3n) is 13.7. The Morgan fingerprint density at radius 1 is 0.508 bits per heavy atom. The van der Waals surface area contributed by atoms with Crippen molar-refractivity contribution in [1.82, 2.24) is 13.7 Å². The Bertz CT molecular complexity index is 3310. The van der Waals surface area contributed by atoms with E-state index in [-0.39, 0.29) is 0 Å². The maximum atomic E-state index is 2.67. The largest absolute Gasteiger partial charge is 0.344 e. The molecule has 4 heterocycles. The second kappa shape index (κ2) is 12.8. The van der Waals surface area contributed by atoms with Gasteiger partial charge >= 0.3 is 0 Å².